The van der Waals surface area contributed by atoms with Crippen LogP contribution in [0, 0.1) is 0 Å². The largest absolute Gasteiger partial charge is 0.335 e. The van der Waals surface area contributed by atoms with Crippen LogP contribution < -0.4 is 10.6 Å². The normalized spacial score (nSPS) is 16.4. The van der Waals surface area contributed by atoms with Crippen LogP contribution in [-0.4, -0.2) is 39.4 Å². The van der Waals surface area contributed by atoms with E-state index < -0.39 is 0 Å². The number of anilines is 1. The van der Waals surface area contributed by atoms with E-state index in [-0.39, 0.29) is 17.5 Å². The van der Waals surface area contributed by atoms with E-state index >= 15 is 0 Å². The lowest BCUT2D eigenvalue weighted by atomic mass is 9.96. The molecule has 0 saturated carbocycles. The summed E-state index contributed by atoms with van der Waals surface area (Å²) in [5.41, 5.74) is 1.22. The minimum Gasteiger partial charge on any atom is -0.335 e. The molecule has 1 aliphatic rings. The summed E-state index contributed by atoms with van der Waals surface area (Å²) in [5, 5.41) is 6.43. The molecule has 3 rings (SSSR count). The van der Waals surface area contributed by atoms with Crippen molar-refractivity contribution in [3.63, 3.8) is 0 Å². The van der Waals surface area contributed by atoms with Crippen molar-refractivity contribution in [2.75, 3.05) is 18.4 Å². The van der Waals surface area contributed by atoms with Crippen molar-refractivity contribution in [1.82, 2.24) is 19.6 Å². The zero-order valence-corrected chi connectivity index (χ0v) is 16.5. The van der Waals surface area contributed by atoms with E-state index in [0.717, 1.165) is 38.3 Å². The monoisotopic (exact) mass is 373 g/mol. The molecule has 140 valence electrons. The van der Waals surface area contributed by atoms with Gasteiger partial charge in [-0.3, -0.25) is 10.2 Å². The molecule has 1 aromatic carbocycles. The lowest BCUT2D eigenvalue weighted by Crippen LogP contribution is -2.45. The van der Waals surface area contributed by atoms with E-state index in [1.807, 2.05) is 6.07 Å². The van der Waals surface area contributed by atoms with Crippen molar-refractivity contribution in [2.45, 2.75) is 51.6 Å². The lowest BCUT2D eigenvalue weighted by Gasteiger charge is -2.32. The number of rotatable bonds is 4. The highest BCUT2D eigenvalue weighted by Gasteiger charge is 2.23. The molecule has 2 aromatic rings. The van der Waals surface area contributed by atoms with Gasteiger partial charge in [0.1, 0.15) is 5.82 Å². The Labute approximate surface area is 159 Å². The van der Waals surface area contributed by atoms with E-state index in [1.165, 1.54) is 17.1 Å². The highest BCUT2D eigenvalue weighted by molar-refractivity contribution is 7.09. The Morgan fingerprint density at radius 2 is 1.92 bits per heavy atom. The predicted molar refractivity (Wildman–Crippen MR) is 106 cm³/mol. The van der Waals surface area contributed by atoms with E-state index in [0.29, 0.717) is 5.13 Å². The predicted octanol–water partition coefficient (Wildman–Crippen LogP) is 3.62. The van der Waals surface area contributed by atoms with Gasteiger partial charge >= 0.3 is 6.03 Å². The van der Waals surface area contributed by atoms with Crippen LogP contribution in [0.15, 0.2) is 30.3 Å². The quantitative estimate of drug-likeness (QED) is 0.859. The molecule has 0 bridgehead atoms. The summed E-state index contributed by atoms with van der Waals surface area (Å²) in [4.78, 5) is 19.1. The summed E-state index contributed by atoms with van der Waals surface area (Å²) in [6.07, 6.45) is 1.92. The standard InChI is InChI=1S/C19H27N5OS/c1-19(2,3)16-21-18(26-23-16)22-17(25)20-15-9-11-24(12-10-15)13-14-7-5-4-6-8-14/h4-8,15H,9-13H2,1-3H3,(H2,20,21,22,23,25). The fraction of sp³-hybridized carbons (Fsp3) is 0.526. The number of hydrogen-bond donors (Lipinski definition) is 2. The molecule has 0 unspecified atom stereocenters. The van der Waals surface area contributed by atoms with Crippen LogP contribution in [0.4, 0.5) is 9.93 Å². The zero-order chi connectivity index (χ0) is 18.6. The van der Waals surface area contributed by atoms with Crippen molar-refractivity contribution in [1.29, 1.82) is 0 Å². The van der Waals surface area contributed by atoms with Gasteiger partial charge in [-0.05, 0) is 18.4 Å². The number of benzene rings is 1. The molecule has 1 aliphatic heterocycles. The highest BCUT2D eigenvalue weighted by atomic mass is 32.1. The van der Waals surface area contributed by atoms with Crippen molar-refractivity contribution in [3.05, 3.63) is 41.7 Å². The number of aromatic nitrogens is 2. The SMILES string of the molecule is CC(C)(C)c1nsc(NC(=O)NC2CCN(Cc3ccccc3)CC2)n1. The molecule has 6 nitrogen and oxygen atoms in total. The second-order valence-electron chi connectivity index (χ2n) is 7.81. The van der Waals surface area contributed by atoms with Gasteiger partial charge in [0.25, 0.3) is 0 Å². The Morgan fingerprint density at radius 3 is 2.54 bits per heavy atom. The third-order valence-corrected chi connectivity index (χ3v) is 5.12. The number of nitrogens with one attached hydrogen (secondary N) is 2. The fourth-order valence-electron chi connectivity index (χ4n) is 2.97. The number of hydrogen-bond acceptors (Lipinski definition) is 5. The summed E-state index contributed by atoms with van der Waals surface area (Å²) in [6, 6.07) is 10.5. The third kappa shape index (κ3) is 5.25. The summed E-state index contributed by atoms with van der Waals surface area (Å²) in [5.74, 6) is 0.757. The number of amides is 2. The van der Waals surface area contributed by atoms with Crippen LogP contribution in [0.25, 0.3) is 0 Å². The molecule has 2 N–H and O–H groups in total. The van der Waals surface area contributed by atoms with Crippen molar-refractivity contribution in [3.8, 4) is 0 Å². The van der Waals surface area contributed by atoms with E-state index in [1.54, 1.807) is 0 Å². The summed E-state index contributed by atoms with van der Waals surface area (Å²) >= 11 is 1.23. The van der Waals surface area contributed by atoms with Crippen LogP contribution in [0.3, 0.4) is 0 Å². The summed E-state index contributed by atoms with van der Waals surface area (Å²) in [6.45, 7) is 9.13. The van der Waals surface area contributed by atoms with Gasteiger partial charge < -0.3 is 5.32 Å². The Morgan fingerprint density at radius 1 is 1.23 bits per heavy atom. The molecular weight excluding hydrogens is 346 g/mol. The number of piperidine rings is 1. The van der Waals surface area contributed by atoms with Gasteiger partial charge in [0, 0.05) is 42.6 Å². The second-order valence-corrected chi connectivity index (χ2v) is 8.56. The maximum atomic E-state index is 12.2. The topological polar surface area (TPSA) is 70.2 Å². The molecule has 1 fully saturated rings. The van der Waals surface area contributed by atoms with Gasteiger partial charge in [0.2, 0.25) is 5.13 Å². The number of urea groups is 1. The molecule has 1 saturated heterocycles. The maximum Gasteiger partial charge on any atom is 0.321 e. The molecular formula is C19H27N5OS. The molecule has 26 heavy (non-hydrogen) atoms. The van der Waals surface area contributed by atoms with E-state index in [4.69, 9.17) is 0 Å². The summed E-state index contributed by atoms with van der Waals surface area (Å²) < 4.78 is 4.32. The lowest BCUT2D eigenvalue weighted by molar-refractivity contribution is 0.190. The molecule has 2 amide bonds. The smallest absolute Gasteiger partial charge is 0.321 e. The average molecular weight is 374 g/mol. The van der Waals surface area contributed by atoms with Gasteiger partial charge in [-0.15, -0.1) is 0 Å². The van der Waals surface area contributed by atoms with Crippen molar-refractivity contribution < 1.29 is 4.79 Å². The highest BCUT2D eigenvalue weighted by Crippen LogP contribution is 2.23. The average Bonchev–Trinajstić information content (AvgIpc) is 3.06. The first-order valence-corrected chi connectivity index (χ1v) is 9.85. The maximum absolute atomic E-state index is 12.2. The van der Waals surface area contributed by atoms with Crippen LogP contribution in [0.2, 0.25) is 0 Å². The number of likely N-dealkylation sites (tertiary alicyclic amines) is 1. The molecule has 2 heterocycles. The minimum absolute atomic E-state index is 0.113. The van der Waals surface area contributed by atoms with E-state index in [9.17, 15) is 4.79 Å². The minimum atomic E-state index is -0.192. The Balaban J connectivity index is 1.42. The van der Waals surface area contributed by atoms with E-state index in [2.05, 4.69) is 69.9 Å². The van der Waals surface area contributed by atoms with Crippen LogP contribution in [0.5, 0.6) is 0 Å². The Hall–Kier alpha value is -1.99. The first-order chi connectivity index (χ1) is 12.4. The Bertz CT molecular complexity index is 717. The number of carbonyl (C=O) groups excluding carboxylic acids is 1. The van der Waals surface area contributed by atoms with Gasteiger partial charge in [0.15, 0.2) is 0 Å². The van der Waals surface area contributed by atoms with Gasteiger partial charge in [0.05, 0.1) is 0 Å². The molecule has 0 atom stereocenters. The van der Waals surface area contributed by atoms with Crippen LogP contribution in [-0.2, 0) is 12.0 Å². The zero-order valence-electron chi connectivity index (χ0n) is 15.7. The fourth-order valence-corrected chi connectivity index (χ4v) is 3.73. The third-order valence-electron chi connectivity index (χ3n) is 4.49. The number of carbonyl (C=O) groups is 1. The number of nitrogens with zero attached hydrogens (tertiary/aromatic N) is 3. The second kappa shape index (κ2) is 8.14. The molecule has 0 aliphatic carbocycles. The molecule has 7 heteroatoms. The summed E-state index contributed by atoms with van der Waals surface area (Å²) in [7, 11) is 0. The van der Waals surface area contributed by atoms with Crippen molar-refractivity contribution >= 4 is 22.7 Å². The van der Waals surface area contributed by atoms with Crippen LogP contribution in [0.1, 0.15) is 45.0 Å². The first-order valence-electron chi connectivity index (χ1n) is 9.08. The Kier molecular flexibility index (Phi) is 5.88. The van der Waals surface area contributed by atoms with Gasteiger partial charge in [-0.1, -0.05) is 51.1 Å². The van der Waals surface area contributed by atoms with Gasteiger partial charge in [-0.25, -0.2) is 9.78 Å². The molecule has 0 spiro atoms. The van der Waals surface area contributed by atoms with Crippen LogP contribution >= 0.6 is 11.5 Å². The van der Waals surface area contributed by atoms with Gasteiger partial charge in [-0.2, -0.15) is 4.37 Å². The first kappa shape index (κ1) is 18.8. The molecule has 0 radical (unpaired) electrons. The van der Waals surface area contributed by atoms with Crippen molar-refractivity contribution in [2.24, 2.45) is 0 Å². The molecule has 1 aromatic heterocycles.